The van der Waals surface area contributed by atoms with Gasteiger partial charge in [-0.3, -0.25) is 4.90 Å². The van der Waals surface area contributed by atoms with Crippen LogP contribution in [-0.2, 0) is 21.8 Å². The van der Waals surface area contributed by atoms with Crippen molar-refractivity contribution in [3.8, 4) is 0 Å². The summed E-state index contributed by atoms with van der Waals surface area (Å²) in [7, 11) is -2.01. The first-order valence-electron chi connectivity index (χ1n) is 6.07. The van der Waals surface area contributed by atoms with E-state index in [1.807, 2.05) is 0 Å². The first kappa shape index (κ1) is 14.3. The lowest BCUT2D eigenvalue weighted by molar-refractivity contribution is 0.0390. The number of morpholine rings is 1. The number of nitrogens with one attached hydrogen (secondary N) is 1. The fourth-order valence-corrected chi connectivity index (χ4v) is 3.25. The molecule has 108 valence electrons. The number of nitrogens with two attached hydrogens (primary N) is 1. The van der Waals surface area contributed by atoms with Crippen LogP contribution >= 0.6 is 0 Å². The Kier molecular flexibility index (Phi) is 4.40. The van der Waals surface area contributed by atoms with Crippen molar-refractivity contribution in [3.05, 3.63) is 6.33 Å². The SMILES string of the molecule is Cn1cnc(N)c1S(=O)(=O)NCCN1CCOCC1. The first-order chi connectivity index (χ1) is 9.00. The van der Waals surface area contributed by atoms with Gasteiger partial charge in [-0.2, -0.15) is 0 Å². The predicted octanol–water partition coefficient (Wildman–Crippen LogP) is -1.39. The molecule has 2 heterocycles. The van der Waals surface area contributed by atoms with Gasteiger partial charge in [-0.15, -0.1) is 0 Å². The van der Waals surface area contributed by atoms with Crippen LogP contribution < -0.4 is 10.5 Å². The number of sulfonamides is 1. The molecule has 1 aromatic rings. The van der Waals surface area contributed by atoms with Gasteiger partial charge < -0.3 is 15.0 Å². The molecular weight excluding hydrogens is 270 g/mol. The number of nitrogens with zero attached hydrogens (tertiary/aromatic N) is 3. The van der Waals surface area contributed by atoms with Crippen LogP contribution in [0.4, 0.5) is 5.82 Å². The van der Waals surface area contributed by atoms with Crippen molar-refractivity contribution < 1.29 is 13.2 Å². The lowest BCUT2D eigenvalue weighted by Crippen LogP contribution is -2.41. The zero-order chi connectivity index (χ0) is 13.9. The van der Waals surface area contributed by atoms with E-state index in [0.717, 1.165) is 13.1 Å². The van der Waals surface area contributed by atoms with Gasteiger partial charge >= 0.3 is 0 Å². The van der Waals surface area contributed by atoms with E-state index in [2.05, 4.69) is 14.6 Å². The molecule has 1 aromatic heterocycles. The second-order valence-corrected chi connectivity index (χ2v) is 6.08. The van der Waals surface area contributed by atoms with Gasteiger partial charge in [0.1, 0.15) is 0 Å². The van der Waals surface area contributed by atoms with E-state index in [0.29, 0.717) is 26.3 Å². The average Bonchev–Trinajstić information content (AvgIpc) is 2.70. The van der Waals surface area contributed by atoms with E-state index in [-0.39, 0.29) is 10.8 Å². The highest BCUT2D eigenvalue weighted by Gasteiger charge is 2.22. The third-order valence-electron chi connectivity index (χ3n) is 2.99. The van der Waals surface area contributed by atoms with Gasteiger partial charge in [0.15, 0.2) is 10.8 Å². The smallest absolute Gasteiger partial charge is 0.260 e. The zero-order valence-corrected chi connectivity index (χ0v) is 11.7. The number of hydrogen-bond acceptors (Lipinski definition) is 6. The molecule has 1 aliphatic heterocycles. The number of aryl methyl sites for hydroxylation is 1. The minimum Gasteiger partial charge on any atom is -0.381 e. The number of anilines is 1. The second kappa shape index (κ2) is 5.87. The minimum absolute atomic E-state index is 0.00878. The summed E-state index contributed by atoms with van der Waals surface area (Å²) >= 11 is 0. The summed E-state index contributed by atoms with van der Waals surface area (Å²) in [6.07, 6.45) is 1.38. The summed E-state index contributed by atoms with van der Waals surface area (Å²) in [6.45, 7) is 4.04. The number of hydrogen-bond donors (Lipinski definition) is 2. The Labute approximate surface area is 112 Å². The number of rotatable bonds is 5. The highest BCUT2D eigenvalue weighted by molar-refractivity contribution is 7.89. The molecule has 1 fully saturated rings. The Bertz CT molecular complexity index is 502. The van der Waals surface area contributed by atoms with Crippen molar-refractivity contribution in [2.75, 3.05) is 45.1 Å². The monoisotopic (exact) mass is 289 g/mol. The summed E-state index contributed by atoms with van der Waals surface area (Å²) in [5, 5.41) is 0.00878. The fraction of sp³-hybridized carbons (Fsp3) is 0.700. The maximum atomic E-state index is 12.1. The Hall–Kier alpha value is -1.16. The van der Waals surface area contributed by atoms with Gasteiger partial charge in [-0.1, -0.05) is 0 Å². The van der Waals surface area contributed by atoms with E-state index >= 15 is 0 Å². The highest BCUT2D eigenvalue weighted by Crippen LogP contribution is 2.14. The van der Waals surface area contributed by atoms with Crippen LogP contribution in [0.25, 0.3) is 0 Å². The molecule has 0 aliphatic carbocycles. The molecule has 0 spiro atoms. The molecule has 0 radical (unpaired) electrons. The molecule has 3 N–H and O–H groups in total. The van der Waals surface area contributed by atoms with Gasteiger partial charge in [0.05, 0.1) is 19.5 Å². The molecule has 0 saturated carbocycles. The molecule has 2 rings (SSSR count). The minimum atomic E-state index is -3.61. The standard InChI is InChI=1S/C10H19N5O3S/c1-14-8-12-9(11)10(14)19(16,17)13-2-3-15-4-6-18-7-5-15/h8,13H,2-7,11H2,1H3. The Morgan fingerprint density at radius 3 is 2.74 bits per heavy atom. The lowest BCUT2D eigenvalue weighted by atomic mass is 10.4. The molecule has 8 nitrogen and oxygen atoms in total. The van der Waals surface area contributed by atoms with Crippen molar-refractivity contribution in [1.82, 2.24) is 19.2 Å². The molecule has 0 amide bonds. The normalized spacial score (nSPS) is 17.7. The Balaban J connectivity index is 1.91. The molecule has 1 aliphatic rings. The van der Waals surface area contributed by atoms with E-state index in [1.54, 1.807) is 7.05 Å². The highest BCUT2D eigenvalue weighted by atomic mass is 32.2. The maximum absolute atomic E-state index is 12.1. The third kappa shape index (κ3) is 3.44. The lowest BCUT2D eigenvalue weighted by Gasteiger charge is -2.26. The quantitative estimate of drug-likeness (QED) is 0.692. The topological polar surface area (TPSA) is 102 Å². The van der Waals surface area contributed by atoms with Gasteiger partial charge in [0.2, 0.25) is 0 Å². The first-order valence-corrected chi connectivity index (χ1v) is 7.55. The molecule has 0 bridgehead atoms. The summed E-state index contributed by atoms with van der Waals surface area (Å²) < 4.78 is 33.3. The van der Waals surface area contributed by atoms with Gasteiger partial charge in [-0.25, -0.2) is 18.1 Å². The molecule has 19 heavy (non-hydrogen) atoms. The zero-order valence-electron chi connectivity index (χ0n) is 10.9. The van der Waals surface area contributed by atoms with Crippen LogP contribution in [0.15, 0.2) is 11.4 Å². The largest absolute Gasteiger partial charge is 0.381 e. The van der Waals surface area contributed by atoms with Crippen molar-refractivity contribution >= 4 is 15.8 Å². The van der Waals surface area contributed by atoms with Crippen LogP contribution in [0.1, 0.15) is 0 Å². The number of ether oxygens (including phenoxy) is 1. The van der Waals surface area contributed by atoms with Gasteiger partial charge in [0.25, 0.3) is 10.0 Å². The van der Waals surface area contributed by atoms with Crippen LogP contribution in [-0.4, -0.2) is 62.3 Å². The molecule has 9 heteroatoms. The number of nitrogen functional groups attached to an aromatic ring is 1. The number of aromatic nitrogens is 2. The fourth-order valence-electron chi connectivity index (χ4n) is 2.00. The number of imidazole rings is 1. The molecule has 0 unspecified atom stereocenters. The van der Waals surface area contributed by atoms with E-state index < -0.39 is 10.0 Å². The van der Waals surface area contributed by atoms with Gasteiger partial charge in [-0.05, 0) is 0 Å². The average molecular weight is 289 g/mol. The van der Waals surface area contributed by atoms with Crippen LogP contribution in [0.5, 0.6) is 0 Å². The van der Waals surface area contributed by atoms with E-state index in [1.165, 1.54) is 10.9 Å². The molecule has 0 aromatic carbocycles. The van der Waals surface area contributed by atoms with E-state index in [4.69, 9.17) is 10.5 Å². The van der Waals surface area contributed by atoms with Crippen molar-refractivity contribution in [2.45, 2.75) is 5.03 Å². The van der Waals surface area contributed by atoms with Crippen LogP contribution in [0, 0.1) is 0 Å². The summed E-state index contributed by atoms with van der Waals surface area (Å²) in [5.41, 5.74) is 5.56. The third-order valence-corrected chi connectivity index (χ3v) is 4.58. The van der Waals surface area contributed by atoms with Crippen molar-refractivity contribution in [3.63, 3.8) is 0 Å². The summed E-state index contributed by atoms with van der Waals surface area (Å²) in [6, 6.07) is 0. The van der Waals surface area contributed by atoms with E-state index in [9.17, 15) is 8.42 Å². The van der Waals surface area contributed by atoms with Gasteiger partial charge in [0, 0.05) is 33.2 Å². The Morgan fingerprint density at radius 1 is 1.47 bits per heavy atom. The van der Waals surface area contributed by atoms with Crippen molar-refractivity contribution in [1.29, 1.82) is 0 Å². The summed E-state index contributed by atoms with van der Waals surface area (Å²) in [5.74, 6) is 0.0152. The second-order valence-electron chi connectivity index (χ2n) is 4.40. The molecular formula is C10H19N5O3S. The Morgan fingerprint density at radius 2 is 2.16 bits per heavy atom. The predicted molar refractivity (Wildman–Crippen MR) is 70.1 cm³/mol. The van der Waals surface area contributed by atoms with Crippen LogP contribution in [0.2, 0.25) is 0 Å². The van der Waals surface area contributed by atoms with Crippen molar-refractivity contribution in [2.24, 2.45) is 7.05 Å². The molecule has 0 atom stereocenters. The molecule has 1 saturated heterocycles. The summed E-state index contributed by atoms with van der Waals surface area (Å²) in [4.78, 5) is 5.93. The van der Waals surface area contributed by atoms with Crippen LogP contribution in [0.3, 0.4) is 0 Å². The maximum Gasteiger partial charge on any atom is 0.260 e.